The topological polar surface area (TPSA) is 80.7 Å². The van der Waals surface area contributed by atoms with Gasteiger partial charge in [0.2, 0.25) is 5.12 Å². The highest BCUT2D eigenvalue weighted by Crippen LogP contribution is 2.23. The number of rotatable bonds is 7. The summed E-state index contributed by atoms with van der Waals surface area (Å²) in [7, 11) is 0. The van der Waals surface area contributed by atoms with Gasteiger partial charge >= 0.3 is 5.97 Å². The Kier molecular flexibility index (Phi) is 6.58. The monoisotopic (exact) mass is 310 g/mol. The third-order valence-corrected chi connectivity index (χ3v) is 3.91. The second kappa shape index (κ2) is 7.95. The maximum Gasteiger partial charge on any atom is 0.321 e. The molecule has 0 fully saturated rings. The van der Waals surface area contributed by atoms with Crippen LogP contribution in [0.2, 0.25) is 0 Å². The quantitative estimate of drug-likeness (QED) is 0.610. The molecule has 0 radical (unpaired) electrons. The number of thioether (sulfide) groups is 1. The van der Waals surface area contributed by atoms with Gasteiger partial charge in [-0.2, -0.15) is 0 Å². The predicted octanol–water partition coefficient (Wildman–Crippen LogP) is 1.69. The second-order valence-electron chi connectivity index (χ2n) is 4.58. The van der Waals surface area contributed by atoms with Crippen LogP contribution in [0, 0.1) is 5.41 Å². The average Bonchev–Trinajstić information content (AvgIpc) is 2.52. The van der Waals surface area contributed by atoms with Crippen molar-refractivity contribution < 1.29 is 24.2 Å². The Morgan fingerprint density at radius 2 is 1.86 bits per heavy atom. The Hall–Kier alpha value is -1.66. The van der Waals surface area contributed by atoms with Crippen molar-refractivity contribution in [2.24, 2.45) is 5.41 Å². The summed E-state index contributed by atoms with van der Waals surface area (Å²) in [5, 5.41) is 9.06. The predicted molar refractivity (Wildman–Crippen MR) is 80.1 cm³/mol. The zero-order valence-corrected chi connectivity index (χ0v) is 12.8. The third kappa shape index (κ3) is 4.41. The summed E-state index contributed by atoms with van der Waals surface area (Å²) in [6, 6.07) is 8.54. The molecular formula is C15H18O5S. The number of Topliss-reactive ketones (excluding diaryl/α,β-unsaturated/α-hetero) is 1. The standard InChI is InChI=1S/C15H18O5S/c1-3-20-14(19)15(2,10-16)12(17)9-21-13(18)11-7-5-4-6-8-11/h4-8,16H,3,9-10H2,1-2H3. The van der Waals surface area contributed by atoms with Crippen LogP contribution in [0.15, 0.2) is 30.3 Å². The highest BCUT2D eigenvalue weighted by atomic mass is 32.2. The van der Waals surface area contributed by atoms with Crippen molar-refractivity contribution in [3.63, 3.8) is 0 Å². The van der Waals surface area contributed by atoms with Crippen LogP contribution in [0.1, 0.15) is 24.2 Å². The molecule has 114 valence electrons. The molecule has 1 aromatic rings. The summed E-state index contributed by atoms with van der Waals surface area (Å²) >= 11 is 0.808. The first kappa shape index (κ1) is 17.4. The van der Waals surface area contributed by atoms with Crippen molar-refractivity contribution >= 4 is 28.6 Å². The summed E-state index contributed by atoms with van der Waals surface area (Å²) in [6.45, 7) is 2.41. The van der Waals surface area contributed by atoms with Gasteiger partial charge in [0.15, 0.2) is 5.78 Å². The summed E-state index contributed by atoms with van der Waals surface area (Å²) in [5.74, 6) is -1.49. The van der Waals surface area contributed by atoms with Gasteiger partial charge in [-0.25, -0.2) is 0 Å². The molecule has 1 N–H and O–H groups in total. The first-order chi connectivity index (χ1) is 9.95. The van der Waals surface area contributed by atoms with Gasteiger partial charge in [-0.05, 0) is 13.8 Å². The Morgan fingerprint density at radius 1 is 1.24 bits per heavy atom. The van der Waals surface area contributed by atoms with Crippen LogP contribution in [-0.4, -0.2) is 40.9 Å². The van der Waals surface area contributed by atoms with E-state index in [9.17, 15) is 19.5 Å². The van der Waals surface area contributed by atoms with Gasteiger partial charge in [0.25, 0.3) is 0 Å². The van der Waals surface area contributed by atoms with Crippen LogP contribution in [0.3, 0.4) is 0 Å². The first-order valence-corrected chi connectivity index (χ1v) is 7.47. The molecule has 0 amide bonds. The number of benzene rings is 1. The minimum Gasteiger partial charge on any atom is -0.465 e. The van der Waals surface area contributed by atoms with Gasteiger partial charge < -0.3 is 9.84 Å². The molecule has 0 aliphatic heterocycles. The lowest BCUT2D eigenvalue weighted by molar-refractivity contribution is -0.160. The van der Waals surface area contributed by atoms with Gasteiger partial charge in [0, 0.05) is 5.56 Å². The molecule has 21 heavy (non-hydrogen) atoms. The molecule has 0 bridgehead atoms. The van der Waals surface area contributed by atoms with Gasteiger partial charge in [-0.3, -0.25) is 14.4 Å². The number of ether oxygens (including phenoxy) is 1. The molecule has 0 aromatic heterocycles. The van der Waals surface area contributed by atoms with E-state index in [4.69, 9.17) is 4.74 Å². The Morgan fingerprint density at radius 3 is 2.38 bits per heavy atom. The minimum atomic E-state index is -1.63. The van der Waals surface area contributed by atoms with Crippen molar-refractivity contribution in [2.45, 2.75) is 13.8 Å². The van der Waals surface area contributed by atoms with E-state index in [-0.39, 0.29) is 17.5 Å². The Balaban J connectivity index is 2.67. The molecule has 0 heterocycles. The smallest absolute Gasteiger partial charge is 0.321 e. The second-order valence-corrected chi connectivity index (χ2v) is 5.52. The molecular weight excluding hydrogens is 292 g/mol. The van der Waals surface area contributed by atoms with Crippen molar-refractivity contribution in [1.29, 1.82) is 0 Å². The van der Waals surface area contributed by atoms with Gasteiger partial charge in [0.1, 0.15) is 5.41 Å². The van der Waals surface area contributed by atoms with Crippen LogP contribution in [-0.2, 0) is 14.3 Å². The molecule has 1 aromatic carbocycles. The highest BCUT2D eigenvalue weighted by molar-refractivity contribution is 8.14. The number of hydrogen-bond donors (Lipinski definition) is 1. The zero-order valence-electron chi connectivity index (χ0n) is 12.0. The summed E-state index contributed by atoms with van der Waals surface area (Å²) in [6.07, 6.45) is 0. The maximum atomic E-state index is 12.1. The van der Waals surface area contributed by atoms with Crippen molar-refractivity contribution in [3.8, 4) is 0 Å². The number of ketones is 1. The van der Waals surface area contributed by atoms with Crippen LogP contribution in [0.25, 0.3) is 0 Å². The molecule has 1 rings (SSSR count). The number of esters is 1. The van der Waals surface area contributed by atoms with E-state index in [0.29, 0.717) is 5.56 Å². The summed E-state index contributed by atoms with van der Waals surface area (Å²) in [4.78, 5) is 35.8. The van der Waals surface area contributed by atoms with Crippen molar-refractivity contribution in [2.75, 3.05) is 19.0 Å². The van der Waals surface area contributed by atoms with Gasteiger partial charge in [-0.15, -0.1) is 0 Å². The normalized spacial score (nSPS) is 13.3. The molecule has 0 saturated heterocycles. The third-order valence-electron chi connectivity index (χ3n) is 3.00. The highest BCUT2D eigenvalue weighted by Gasteiger charge is 2.41. The van der Waals surface area contributed by atoms with Crippen molar-refractivity contribution in [3.05, 3.63) is 35.9 Å². The minimum absolute atomic E-state index is 0.123. The lowest BCUT2D eigenvalue weighted by atomic mass is 9.87. The molecule has 0 aliphatic rings. The molecule has 5 nitrogen and oxygen atoms in total. The van der Waals surface area contributed by atoms with E-state index >= 15 is 0 Å². The zero-order chi connectivity index (χ0) is 15.9. The largest absolute Gasteiger partial charge is 0.465 e. The van der Waals surface area contributed by atoms with E-state index in [2.05, 4.69) is 0 Å². The molecule has 0 saturated carbocycles. The summed E-state index contributed by atoms with van der Waals surface area (Å²) < 4.78 is 4.80. The van der Waals surface area contributed by atoms with E-state index in [1.165, 1.54) is 6.92 Å². The van der Waals surface area contributed by atoms with Crippen LogP contribution in [0.4, 0.5) is 0 Å². The van der Waals surface area contributed by atoms with Crippen molar-refractivity contribution in [1.82, 2.24) is 0 Å². The molecule has 1 unspecified atom stereocenters. The first-order valence-electron chi connectivity index (χ1n) is 6.49. The molecule has 6 heteroatoms. The number of aliphatic hydroxyl groups is 1. The van der Waals surface area contributed by atoms with E-state index in [1.54, 1.807) is 37.3 Å². The van der Waals surface area contributed by atoms with E-state index < -0.39 is 23.8 Å². The van der Waals surface area contributed by atoms with Crippen LogP contribution < -0.4 is 0 Å². The molecule has 0 aliphatic carbocycles. The van der Waals surface area contributed by atoms with Crippen LogP contribution >= 0.6 is 11.8 Å². The lowest BCUT2D eigenvalue weighted by Gasteiger charge is -2.22. The fraction of sp³-hybridized carbons (Fsp3) is 0.400. The SMILES string of the molecule is CCOC(=O)C(C)(CO)C(=O)CSC(=O)c1ccccc1. The number of carbonyl (C=O) groups is 3. The van der Waals surface area contributed by atoms with Gasteiger partial charge in [-0.1, -0.05) is 42.1 Å². The lowest BCUT2D eigenvalue weighted by Crippen LogP contribution is -2.42. The molecule has 1 atom stereocenters. The number of aliphatic hydroxyl groups excluding tert-OH is 1. The maximum absolute atomic E-state index is 12.1. The number of hydrogen-bond acceptors (Lipinski definition) is 6. The van der Waals surface area contributed by atoms with Crippen LogP contribution in [0.5, 0.6) is 0 Å². The Labute approximate surface area is 127 Å². The van der Waals surface area contributed by atoms with E-state index in [1.807, 2.05) is 0 Å². The summed E-state index contributed by atoms with van der Waals surface area (Å²) in [5.41, 5.74) is -1.14. The van der Waals surface area contributed by atoms with E-state index in [0.717, 1.165) is 11.8 Å². The van der Waals surface area contributed by atoms with Gasteiger partial charge in [0.05, 0.1) is 19.0 Å². The number of carbonyl (C=O) groups excluding carboxylic acids is 3. The fourth-order valence-corrected chi connectivity index (χ4v) is 2.39. The Bertz CT molecular complexity index is 514. The molecule has 0 spiro atoms. The fourth-order valence-electron chi connectivity index (χ4n) is 1.50. The average molecular weight is 310 g/mol.